The molecule has 0 aliphatic rings. The molecule has 124 valence electrons. The number of hydrogen-bond donors (Lipinski definition) is 3. The van der Waals surface area contributed by atoms with Gasteiger partial charge >= 0.3 is 11.8 Å². The normalized spacial score (nSPS) is 10.4. The molecule has 0 atom stereocenters. The summed E-state index contributed by atoms with van der Waals surface area (Å²) in [5.41, 5.74) is 2.69. The number of benzene rings is 2. The molecule has 0 radical (unpaired) electrons. The zero-order valence-electron chi connectivity index (χ0n) is 12.6. The van der Waals surface area contributed by atoms with Gasteiger partial charge in [0.05, 0.1) is 24.0 Å². The average molecular weight is 348 g/mol. The monoisotopic (exact) mass is 347 g/mol. The molecule has 0 spiro atoms. The topological polar surface area (TPSA) is 100 Å². The first-order valence-corrected chi connectivity index (χ1v) is 7.15. The Morgan fingerprint density at radius 1 is 1.17 bits per heavy atom. The molecule has 0 fully saturated rings. The molecule has 2 aromatic carbocycles. The van der Waals surface area contributed by atoms with Gasteiger partial charge in [-0.1, -0.05) is 29.8 Å². The van der Waals surface area contributed by atoms with Gasteiger partial charge in [-0.05, 0) is 24.3 Å². The number of carbonyl (C=O) groups is 2. The molecule has 7 nitrogen and oxygen atoms in total. The van der Waals surface area contributed by atoms with Gasteiger partial charge in [0.1, 0.15) is 0 Å². The first kappa shape index (κ1) is 17.3. The third kappa shape index (κ3) is 4.23. The van der Waals surface area contributed by atoms with Crippen LogP contribution in [0, 0.1) is 0 Å². The van der Waals surface area contributed by atoms with Crippen molar-refractivity contribution in [1.29, 1.82) is 0 Å². The maximum absolute atomic E-state index is 11.7. The summed E-state index contributed by atoms with van der Waals surface area (Å²) in [5, 5.41) is 16.2. The van der Waals surface area contributed by atoms with Crippen LogP contribution in [0.1, 0.15) is 5.56 Å². The Bertz CT molecular complexity index is 793. The van der Waals surface area contributed by atoms with Gasteiger partial charge in [0, 0.05) is 5.56 Å². The maximum atomic E-state index is 11.7. The molecule has 0 heterocycles. The summed E-state index contributed by atoms with van der Waals surface area (Å²) >= 11 is 5.89. The van der Waals surface area contributed by atoms with Gasteiger partial charge in [-0.2, -0.15) is 5.10 Å². The van der Waals surface area contributed by atoms with Gasteiger partial charge in [0.15, 0.2) is 11.5 Å². The van der Waals surface area contributed by atoms with E-state index in [0.29, 0.717) is 16.3 Å². The number of anilines is 1. The van der Waals surface area contributed by atoms with Crippen molar-refractivity contribution in [2.24, 2.45) is 5.10 Å². The smallest absolute Gasteiger partial charge is 0.329 e. The van der Waals surface area contributed by atoms with E-state index >= 15 is 0 Å². The Hall–Kier alpha value is -3.06. The number of halogens is 1. The molecule has 0 aliphatic carbocycles. The summed E-state index contributed by atoms with van der Waals surface area (Å²) in [6.45, 7) is 0. The lowest BCUT2D eigenvalue weighted by molar-refractivity contribution is -0.136. The van der Waals surface area contributed by atoms with Crippen molar-refractivity contribution in [3.63, 3.8) is 0 Å². The molecule has 8 heteroatoms. The summed E-state index contributed by atoms with van der Waals surface area (Å²) < 4.78 is 4.95. The minimum atomic E-state index is -0.978. The zero-order valence-corrected chi connectivity index (χ0v) is 13.4. The largest absolute Gasteiger partial charge is 0.504 e. The molecule has 0 saturated carbocycles. The summed E-state index contributed by atoms with van der Waals surface area (Å²) in [6.07, 6.45) is 1.19. The molecule has 2 amide bonds. The third-order valence-corrected chi connectivity index (χ3v) is 3.28. The quantitative estimate of drug-likeness (QED) is 0.448. The van der Waals surface area contributed by atoms with Crippen molar-refractivity contribution in [3.8, 4) is 11.5 Å². The van der Waals surface area contributed by atoms with Crippen molar-refractivity contribution in [2.45, 2.75) is 0 Å². The Kier molecular flexibility index (Phi) is 5.75. The Balaban J connectivity index is 1.98. The number of phenolic OH excluding ortho intramolecular Hbond substituents is 1. The fraction of sp³-hybridized carbons (Fsp3) is 0.0625. The van der Waals surface area contributed by atoms with Crippen LogP contribution < -0.4 is 15.5 Å². The number of amides is 2. The highest BCUT2D eigenvalue weighted by atomic mass is 35.5. The van der Waals surface area contributed by atoms with Crippen molar-refractivity contribution in [2.75, 3.05) is 12.4 Å². The highest BCUT2D eigenvalue weighted by Gasteiger charge is 2.14. The minimum absolute atomic E-state index is 0.126. The molecule has 24 heavy (non-hydrogen) atoms. The number of hydrogen-bond acceptors (Lipinski definition) is 5. The van der Waals surface area contributed by atoms with E-state index in [0.717, 1.165) is 0 Å². The van der Waals surface area contributed by atoms with Crippen LogP contribution in [0.25, 0.3) is 0 Å². The fourth-order valence-corrected chi connectivity index (χ4v) is 1.94. The van der Waals surface area contributed by atoms with Gasteiger partial charge in [0.25, 0.3) is 0 Å². The number of hydrazone groups is 1. The number of para-hydroxylation sites is 2. The van der Waals surface area contributed by atoms with Gasteiger partial charge in [0.2, 0.25) is 0 Å². The highest BCUT2D eigenvalue weighted by Crippen LogP contribution is 2.27. The molecule has 0 bridgehead atoms. The predicted molar refractivity (Wildman–Crippen MR) is 90.5 cm³/mol. The summed E-state index contributed by atoms with van der Waals surface area (Å²) in [7, 11) is 1.41. The van der Waals surface area contributed by atoms with Crippen molar-refractivity contribution < 1.29 is 19.4 Å². The van der Waals surface area contributed by atoms with Crippen LogP contribution in [-0.4, -0.2) is 30.2 Å². The number of nitrogens with zero attached hydrogens (tertiary/aromatic N) is 1. The third-order valence-electron chi connectivity index (χ3n) is 2.95. The lowest BCUT2D eigenvalue weighted by Crippen LogP contribution is -2.32. The minimum Gasteiger partial charge on any atom is -0.504 e. The number of nitrogens with one attached hydrogen (secondary N) is 2. The first-order valence-electron chi connectivity index (χ1n) is 6.78. The fourth-order valence-electron chi connectivity index (χ4n) is 1.76. The van der Waals surface area contributed by atoms with Crippen molar-refractivity contribution in [3.05, 3.63) is 53.1 Å². The highest BCUT2D eigenvalue weighted by molar-refractivity contribution is 6.41. The van der Waals surface area contributed by atoms with Crippen LogP contribution in [0.4, 0.5) is 5.69 Å². The Morgan fingerprint density at radius 3 is 2.62 bits per heavy atom. The molecule has 0 aromatic heterocycles. The number of phenols is 1. The van der Waals surface area contributed by atoms with Crippen molar-refractivity contribution >= 4 is 35.3 Å². The van der Waals surface area contributed by atoms with E-state index in [-0.39, 0.29) is 11.5 Å². The first-order chi connectivity index (χ1) is 11.5. The summed E-state index contributed by atoms with van der Waals surface area (Å²) in [6, 6.07) is 11.3. The second-order valence-electron chi connectivity index (χ2n) is 4.53. The molecule has 3 N–H and O–H groups in total. The maximum Gasteiger partial charge on any atom is 0.329 e. The lowest BCUT2D eigenvalue weighted by Gasteiger charge is -2.06. The van der Waals surface area contributed by atoms with E-state index in [1.165, 1.54) is 13.3 Å². The predicted octanol–water partition coefficient (Wildman–Crippen LogP) is 2.14. The lowest BCUT2D eigenvalue weighted by atomic mass is 10.2. The molecule has 2 aromatic rings. The van der Waals surface area contributed by atoms with Crippen LogP contribution in [0.5, 0.6) is 11.5 Å². The van der Waals surface area contributed by atoms with Gasteiger partial charge in [-0.3, -0.25) is 9.59 Å². The molecule has 0 aliphatic heterocycles. The Labute approximate surface area is 142 Å². The molecule has 2 rings (SSSR count). The zero-order chi connectivity index (χ0) is 17.5. The van der Waals surface area contributed by atoms with E-state index in [9.17, 15) is 14.7 Å². The van der Waals surface area contributed by atoms with Gasteiger partial charge in [-0.15, -0.1) is 0 Å². The van der Waals surface area contributed by atoms with Gasteiger partial charge in [-0.25, -0.2) is 5.43 Å². The van der Waals surface area contributed by atoms with E-state index < -0.39 is 11.8 Å². The van der Waals surface area contributed by atoms with Crippen LogP contribution in [0.2, 0.25) is 5.02 Å². The number of ether oxygens (including phenoxy) is 1. The van der Waals surface area contributed by atoms with Crippen LogP contribution in [0.3, 0.4) is 0 Å². The van der Waals surface area contributed by atoms with Crippen LogP contribution in [-0.2, 0) is 9.59 Å². The van der Waals surface area contributed by atoms with E-state index in [2.05, 4.69) is 15.8 Å². The SMILES string of the molecule is COc1cccc(C=NNC(=O)C(=O)Nc2ccccc2Cl)c1O. The summed E-state index contributed by atoms with van der Waals surface area (Å²) in [4.78, 5) is 23.4. The number of methoxy groups -OCH3 is 1. The summed E-state index contributed by atoms with van der Waals surface area (Å²) in [5.74, 6) is -1.76. The van der Waals surface area contributed by atoms with E-state index in [1.54, 1.807) is 42.5 Å². The number of carbonyl (C=O) groups excluding carboxylic acids is 2. The van der Waals surface area contributed by atoms with E-state index in [4.69, 9.17) is 16.3 Å². The second kappa shape index (κ2) is 7.98. The standard InChI is InChI=1S/C16H14ClN3O4/c1-24-13-8-4-5-10(14(13)21)9-18-20-16(23)15(22)19-12-7-3-2-6-11(12)17/h2-9,21H,1H3,(H,19,22)(H,20,23). The molecular formula is C16H14ClN3O4. The molecule has 0 unspecified atom stereocenters. The molecular weight excluding hydrogens is 334 g/mol. The number of rotatable bonds is 4. The van der Waals surface area contributed by atoms with Crippen LogP contribution >= 0.6 is 11.6 Å². The molecule has 0 saturated heterocycles. The second-order valence-corrected chi connectivity index (χ2v) is 4.94. The van der Waals surface area contributed by atoms with Crippen molar-refractivity contribution in [1.82, 2.24) is 5.43 Å². The number of aromatic hydroxyl groups is 1. The Morgan fingerprint density at radius 2 is 1.92 bits per heavy atom. The van der Waals surface area contributed by atoms with Gasteiger partial charge < -0.3 is 15.2 Å². The van der Waals surface area contributed by atoms with E-state index in [1.807, 2.05) is 0 Å². The average Bonchev–Trinajstić information content (AvgIpc) is 2.58. The van der Waals surface area contributed by atoms with Crippen LogP contribution in [0.15, 0.2) is 47.6 Å².